The predicted molar refractivity (Wildman–Crippen MR) is 58.6 cm³/mol. The second-order valence-corrected chi connectivity index (χ2v) is 3.49. The van der Waals surface area contributed by atoms with Gasteiger partial charge in [0.25, 0.3) is 0 Å². The fourth-order valence-electron chi connectivity index (χ4n) is 1.42. The van der Waals surface area contributed by atoms with Crippen molar-refractivity contribution >= 4 is 22.6 Å². The Kier molecular flexibility index (Phi) is 2.75. The number of halogens is 1. The molecule has 0 amide bonds. The number of hydrogen-bond acceptors (Lipinski definition) is 2. The van der Waals surface area contributed by atoms with Gasteiger partial charge in [0.05, 0.1) is 11.6 Å². The van der Waals surface area contributed by atoms with Crippen LogP contribution in [0.3, 0.4) is 0 Å². The van der Waals surface area contributed by atoms with E-state index in [1.54, 1.807) is 0 Å². The highest BCUT2D eigenvalue weighted by Gasteiger charge is 2.10. The topological polar surface area (TPSA) is 25.2 Å². The summed E-state index contributed by atoms with van der Waals surface area (Å²) in [6.07, 6.45) is 0. The summed E-state index contributed by atoms with van der Waals surface area (Å²) in [6, 6.07) is 7.80. The van der Waals surface area contributed by atoms with E-state index in [-0.39, 0.29) is 0 Å². The largest absolute Gasteiger partial charge is 0.458 e. The maximum atomic E-state index is 6.16. The normalized spacial score (nSPS) is 11.0. The Bertz CT molecular complexity index is 436. The van der Waals surface area contributed by atoms with E-state index in [9.17, 15) is 0 Å². The molecule has 2 rings (SSSR count). The van der Waals surface area contributed by atoms with Gasteiger partial charge in [-0.05, 0) is 18.7 Å². The Morgan fingerprint density at radius 3 is 2.86 bits per heavy atom. The summed E-state index contributed by atoms with van der Waals surface area (Å²) in [7, 11) is 0. The lowest BCUT2D eigenvalue weighted by Gasteiger charge is -1.96. The highest BCUT2D eigenvalue weighted by molar-refractivity contribution is 6.36. The van der Waals surface area contributed by atoms with Crippen LogP contribution in [0, 0.1) is 0 Å². The Morgan fingerprint density at radius 2 is 2.14 bits per heavy atom. The van der Waals surface area contributed by atoms with Crippen LogP contribution in [-0.2, 0) is 6.54 Å². The minimum Gasteiger partial charge on any atom is -0.458 e. The Hall–Kier alpha value is -0.990. The van der Waals surface area contributed by atoms with E-state index in [1.165, 1.54) is 0 Å². The molecule has 0 atom stereocenters. The summed E-state index contributed by atoms with van der Waals surface area (Å²) < 4.78 is 5.61. The quantitative estimate of drug-likeness (QED) is 0.840. The zero-order chi connectivity index (χ0) is 9.97. The highest BCUT2D eigenvalue weighted by Crippen LogP contribution is 2.29. The van der Waals surface area contributed by atoms with Crippen LogP contribution in [0.4, 0.5) is 0 Å². The van der Waals surface area contributed by atoms with E-state index in [0.717, 1.165) is 28.3 Å². The first-order valence-electron chi connectivity index (χ1n) is 4.69. The molecule has 1 N–H and O–H groups in total. The molecular weight excluding hydrogens is 198 g/mol. The zero-order valence-electron chi connectivity index (χ0n) is 8.01. The van der Waals surface area contributed by atoms with Crippen LogP contribution >= 0.6 is 11.6 Å². The second kappa shape index (κ2) is 4.03. The fraction of sp³-hybridized carbons (Fsp3) is 0.273. The molecule has 0 saturated heterocycles. The van der Waals surface area contributed by atoms with Gasteiger partial charge < -0.3 is 9.73 Å². The number of nitrogens with one attached hydrogen (secondary N) is 1. The Morgan fingerprint density at radius 1 is 1.36 bits per heavy atom. The summed E-state index contributed by atoms with van der Waals surface area (Å²) in [4.78, 5) is 0. The first-order chi connectivity index (χ1) is 6.83. The zero-order valence-corrected chi connectivity index (χ0v) is 8.77. The lowest BCUT2D eigenvalue weighted by molar-refractivity contribution is 0.520. The molecule has 0 radical (unpaired) electrons. The number of para-hydroxylation sites is 1. The maximum absolute atomic E-state index is 6.16. The molecule has 0 aliphatic heterocycles. The van der Waals surface area contributed by atoms with E-state index in [2.05, 4.69) is 12.2 Å². The molecule has 0 fully saturated rings. The first kappa shape index (κ1) is 9.56. The van der Waals surface area contributed by atoms with Crippen LogP contribution in [0.15, 0.2) is 28.7 Å². The molecule has 0 aliphatic carbocycles. The van der Waals surface area contributed by atoms with Gasteiger partial charge in [-0.2, -0.15) is 0 Å². The molecule has 14 heavy (non-hydrogen) atoms. The van der Waals surface area contributed by atoms with Crippen molar-refractivity contribution in [1.82, 2.24) is 5.32 Å². The van der Waals surface area contributed by atoms with Gasteiger partial charge in [0, 0.05) is 5.39 Å². The van der Waals surface area contributed by atoms with Crippen LogP contribution in [0.1, 0.15) is 12.7 Å². The van der Waals surface area contributed by atoms with E-state index in [1.807, 2.05) is 24.3 Å². The van der Waals surface area contributed by atoms with Crippen molar-refractivity contribution in [3.05, 3.63) is 35.0 Å². The van der Waals surface area contributed by atoms with Crippen LogP contribution in [0.25, 0.3) is 11.0 Å². The predicted octanol–water partition coefficient (Wildman–Crippen LogP) is 3.20. The van der Waals surface area contributed by atoms with Crippen LogP contribution < -0.4 is 5.32 Å². The molecule has 1 aromatic heterocycles. The minimum atomic E-state index is 0.685. The third kappa shape index (κ3) is 1.63. The van der Waals surface area contributed by atoms with Crippen LogP contribution in [-0.4, -0.2) is 6.54 Å². The van der Waals surface area contributed by atoms with E-state index >= 15 is 0 Å². The average Bonchev–Trinajstić information content (AvgIpc) is 2.54. The van der Waals surface area contributed by atoms with Gasteiger partial charge >= 0.3 is 0 Å². The van der Waals surface area contributed by atoms with Gasteiger partial charge in [0.2, 0.25) is 0 Å². The lowest BCUT2D eigenvalue weighted by atomic mass is 10.2. The monoisotopic (exact) mass is 209 g/mol. The number of fused-ring (bicyclic) bond motifs is 1. The van der Waals surface area contributed by atoms with Crippen LogP contribution in [0.5, 0.6) is 0 Å². The molecule has 0 spiro atoms. The number of benzene rings is 1. The summed E-state index contributed by atoms with van der Waals surface area (Å²) in [5.74, 6) is 0.815. The first-order valence-corrected chi connectivity index (χ1v) is 5.07. The van der Waals surface area contributed by atoms with E-state index in [0.29, 0.717) is 6.54 Å². The highest BCUT2D eigenvalue weighted by atomic mass is 35.5. The summed E-state index contributed by atoms with van der Waals surface area (Å²) >= 11 is 6.16. The van der Waals surface area contributed by atoms with Gasteiger partial charge in [0.15, 0.2) is 0 Å². The van der Waals surface area contributed by atoms with Crippen molar-refractivity contribution in [1.29, 1.82) is 0 Å². The molecule has 74 valence electrons. The standard InChI is InChI=1S/C11H12ClNO/c1-2-13-7-10-11(12)8-5-3-4-6-9(8)14-10/h3-6,13H,2,7H2,1H3. The van der Waals surface area contributed by atoms with Crippen molar-refractivity contribution < 1.29 is 4.42 Å². The van der Waals surface area contributed by atoms with Gasteiger partial charge in [-0.3, -0.25) is 0 Å². The molecule has 1 aromatic carbocycles. The summed E-state index contributed by atoms with van der Waals surface area (Å²) in [5.41, 5.74) is 0.852. The summed E-state index contributed by atoms with van der Waals surface area (Å²) in [5, 5.41) is 4.90. The number of hydrogen-bond donors (Lipinski definition) is 1. The molecule has 0 unspecified atom stereocenters. The van der Waals surface area contributed by atoms with Gasteiger partial charge in [-0.25, -0.2) is 0 Å². The molecule has 0 bridgehead atoms. The second-order valence-electron chi connectivity index (χ2n) is 3.12. The molecule has 2 nitrogen and oxygen atoms in total. The summed E-state index contributed by atoms with van der Waals surface area (Å²) in [6.45, 7) is 3.65. The van der Waals surface area contributed by atoms with Crippen molar-refractivity contribution in [2.24, 2.45) is 0 Å². The van der Waals surface area contributed by atoms with Crippen molar-refractivity contribution in [2.75, 3.05) is 6.54 Å². The molecular formula is C11H12ClNO. The number of furan rings is 1. The van der Waals surface area contributed by atoms with E-state index in [4.69, 9.17) is 16.0 Å². The van der Waals surface area contributed by atoms with Crippen molar-refractivity contribution in [2.45, 2.75) is 13.5 Å². The minimum absolute atomic E-state index is 0.685. The SMILES string of the molecule is CCNCc1oc2ccccc2c1Cl. The molecule has 3 heteroatoms. The maximum Gasteiger partial charge on any atom is 0.137 e. The Balaban J connectivity index is 2.41. The van der Waals surface area contributed by atoms with Gasteiger partial charge in [-0.15, -0.1) is 0 Å². The number of rotatable bonds is 3. The van der Waals surface area contributed by atoms with Gasteiger partial charge in [0.1, 0.15) is 11.3 Å². The van der Waals surface area contributed by atoms with E-state index < -0.39 is 0 Å². The van der Waals surface area contributed by atoms with Crippen molar-refractivity contribution in [3.8, 4) is 0 Å². The van der Waals surface area contributed by atoms with Gasteiger partial charge in [-0.1, -0.05) is 30.7 Å². The van der Waals surface area contributed by atoms with Crippen LogP contribution in [0.2, 0.25) is 5.02 Å². The lowest BCUT2D eigenvalue weighted by Crippen LogP contribution is -2.11. The smallest absolute Gasteiger partial charge is 0.137 e. The molecule has 0 aliphatic rings. The molecule has 2 aromatic rings. The average molecular weight is 210 g/mol. The molecule has 0 saturated carbocycles. The fourth-order valence-corrected chi connectivity index (χ4v) is 1.68. The molecule has 1 heterocycles. The third-order valence-electron chi connectivity index (χ3n) is 2.14. The van der Waals surface area contributed by atoms with Crippen molar-refractivity contribution in [3.63, 3.8) is 0 Å². The third-order valence-corrected chi connectivity index (χ3v) is 2.55. The Labute approximate surface area is 87.9 Å².